The fourth-order valence-corrected chi connectivity index (χ4v) is 5.51. The summed E-state index contributed by atoms with van der Waals surface area (Å²) in [4.78, 5) is 8.87. The predicted octanol–water partition coefficient (Wildman–Crippen LogP) is 2.49. The van der Waals surface area contributed by atoms with Crippen LogP contribution >= 0.6 is 0 Å². The van der Waals surface area contributed by atoms with Crippen LogP contribution in [0.1, 0.15) is 29.6 Å². The van der Waals surface area contributed by atoms with Crippen molar-refractivity contribution in [3.63, 3.8) is 0 Å². The van der Waals surface area contributed by atoms with Crippen LogP contribution in [0.3, 0.4) is 0 Å². The Bertz CT molecular complexity index is 1050. The first-order chi connectivity index (χ1) is 12.9. The molecule has 8 nitrogen and oxygen atoms in total. The van der Waals surface area contributed by atoms with Crippen molar-refractivity contribution >= 4 is 10.0 Å². The number of pyridine rings is 1. The van der Waals surface area contributed by atoms with Crippen molar-refractivity contribution in [2.24, 2.45) is 0 Å². The Balaban J connectivity index is 1.66. The van der Waals surface area contributed by atoms with Gasteiger partial charge in [0.25, 0.3) is 0 Å². The zero-order valence-electron chi connectivity index (χ0n) is 15.5. The van der Waals surface area contributed by atoms with Gasteiger partial charge in [-0.3, -0.25) is 4.98 Å². The average molecular weight is 387 g/mol. The molecule has 1 atom stereocenters. The van der Waals surface area contributed by atoms with Gasteiger partial charge in [0.15, 0.2) is 5.76 Å². The van der Waals surface area contributed by atoms with Crippen molar-refractivity contribution in [2.75, 3.05) is 13.1 Å². The Labute approximate surface area is 157 Å². The van der Waals surface area contributed by atoms with Crippen LogP contribution in [0.5, 0.6) is 0 Å². The predicted molar refractivity (Wildman–Crippen MR) is 98.6 cm³/mol. The van der Waals surface area contributed by atoms with Crippen molar-refractivity contribution in [2.45, 2.75) is 38.1 Å². The van der Waals surface area contributed by atoms with E-state index < -0.39 is 10.0 Å². The molecule has 0 saturated carbocycles. The maximum absolute atomic E-state index is 13.1. The molecule has 0 N–H and O–H groups in total. The highest BCUT2D eigenvalue weighted by Gasteiger charge is 2.37. The van der Waals surface area contributed by atoms with Gasteiger partial charge in [0.05, 0.1) is 6.04 Å². The SMILES string of the molecule is Cc1noc(C)c1S(=O)(=O)N1CCC(n2c(C)cnc2-c2cccnc2)C1. The molecule has 1 aliphatic heterocycles. The van der Waals surface area contributed by atoms with E-state index in [1.165, 1.54) is 4.31 Å². The van der Waals surface area contributed by atoms with Crippen LogP contribution in [0.4, 0.5) is 0 Å². The summed E-state index contributed by atoms with van der Waals surface area (Å²) in [5.74, 6) is 1.13. The first-order valence-corrected chi connectivity index (χ1v) is 10.2. The van der Waals surface area contributed by atoms with E-state index in [1.54, 1.807) is 26.2 Å². The van der Waals surface area contributed by atoms with Gasteiger partial charge in [-0.05, 0) is 39.3 Å². The number of nitrogens with zero attached hydrogens (tertiary/aromatic N) is 5. The molecule has 0 spiro atoms. The molecule has 1 fully saturated rings. The Hall–Kier alpha value is -2.52. The minimum atomic E-state index is -3.64. The minimum absolute atomic E-state index is 0.0120. The van der Waals surface area contributed by atoms with Crippen molar-refractivity contribution in [1.29, 1.82) is 0 Å². The highest BCUT2D eigenvalue weighted by atomic mass is 32.2. The fourth-order valence-electron chi connectivity index (χ4n) is 3.73. The van der Waals surface area contributed by atoms with Gasteiger partial charge >= 0.3 is 0 Å². The van der Waals surface area contributed by atoms with Crippen molar-refractivity contribution in [3.8, 4) is 11.4 Å². The van der Waals surface area contributed by atoms with E-state index in [0.29, 0.717) is 31.0 Å². The molecular weight excluding hydrogens is 366 g/mol. The molecule has 0 aromatic carbocycles. The summed E-state index contributed by atoms with van der Waals surface area (Å²) in [6.45, 7) is 6.09. The lowest BCUT2D eigenvalue weighted by Crippen LogP contribution is -2.30. The zero-order valence-corrected chi connectivity index (χ0v) is 16.3. The van der Waals surface area contributed by atoms with Crippen LogP contribution in [0, 0.1) is 20.8 Å². The van der Waals surface area contributed by atoms with Crippen molar-refractivity contribution < 1.29 is 12.9 Å². The zero-order chi connectivity index (χ0) is 19.2. The van der Waals surface area contributed by atoms with Crippen LogP contribution in [0.2, 0.25) is 0 Å². The van der Waals surface area contributed by atoms with Crippen LogP contribution in [-0.4, -0.2) is 45.5 Å². The highest BCUT2D eigenvalue weighted by Crippen LogP contribution is 2.33. The number of aryl methyl sites for hydroxylation is 3. The molecule has 3 aromatic rings. The first kappa shape index (κ1) is 17.9. The van der Waals surface area contributed by atoms with Gasteiger partial charge in [0.1, 0.15) is 16.4 Å². The molecule has 4 rings (SSSR count). The molecule has 0 radical (unpaired) electrons. The van der Waals surface area contributed by atoms with Gasteiger partial charge in [0, 0.05) is 42.9 Å². The van der Waals surface area contributed by atoms with Crippen molar-refractivity contribution in [3.05, 3.63) is 47.9 Å². The number of hydrogen-bond donors (Lipinski definition) is 0. The molecule has 1 unspecified atom stereocenters. The Morgan fingerprint density at radius 2 is 2.04 bits per heavy atom. The molecule has 1 saturated heterocycles. The average Bonchev–Trinajstić information content (AvgIpc) is 3.35. The summed E-state index contributed by atoms with van der Waals surface area (Å²) in [7, 11) is -3.64. The maximum atomic E-state index is 13.1. The lowest BCUT2D eigenvalue weighted by Gasteiger charge is -2.19. The lowest BCUT2D eigenvalue weighted by atomic mass is 10.2. The smallest absolute Gasteiger partial charge is 0.248 e. The molecular formula is C18H21N5O3S. The largest absolute Gasteiger partial charge is 0.360 e. The molecule has 0 bridgehead atoms. The van der Waals surface area contributed by atoms with Crippen LogP contribution in [0.25, 0.3) is 11.4 Å². The summed E-state index contributed by atoms with van der Waals surface area (Å²) < 4.78 is 34.8. The number of imidazole rings is 1. The first-order valence-electron chi connectivity index (χ1n) is 8.77. The van der Waals surface area contributed by atoms with E-state index in [2.05, 4.69) is 19.7 Å². The van der Waals surface area contributed by atoms with E-state index >= 15 is 0 Å². The molecule has 1 aliphatic rings. The summed E-state index contributed by atoms with van der Waals surface area (Å²) >= 11 is 0. The van der Waals surface area contributed by atoms with Gasteiger partial charge in [-0.15, -0.1) is 0 Å². The second kappa shape index (κ2) is 6.58. The Morgan fingerprint density at radius 1 is 1.22 bits per heavy atom. The molecule has 4 heterocycles. The van der Waals surface area contributed by atoms with E-state index in [1.807, 2.05) is 25.3 Å². The monoisotopic (exact) mass is 387 g/mol. The standard InChI is InChI=1S/C18H21N5O3S/c1-12-9-20-18(15-5-4-7-19-10-15)23(12)16-6-8-22(11-16)27(24,25)17-13(2)21-26-14(17)3/h4-5,7,9-10,16H,6,8,11H2,1-3H3. The molecule has 3 aromatic heterocycles. The van der Waals surface area contributed by atoms with Gasteiger partial charge in [0.2, 0.25) is 10.0 Å². The summed E-state index contributed by atoms with van der Waals surface area (Å²) in [6, 6.07) is 3.84. The molecule has 0 amide bonds. The van der Waals surface area contributed by atoms with Crippen LogP contribution in [-0.2, 0) is 10.0 Å². The number of sulfonamides is 1. The maximum Gasteiger partial charge on any atom is 0.248 e. The van der Waals surface area contributed by atoms with Crippen LogP contribution < -0.4 is 0 Å². The third kappa shape index (κ3) is 2.96. The lowest BCUT2D eigenvalue weighted by molar-refractivity contribution is 0.389. The minimum Gasteiger partial charge on any atom is -0.360 e. The van der Waals surface area contributed by atoms with E-state index in [0.717, 1.165) is 17.1 Å². The topological polar surface area (TPSA) is 94.1 Å². The second-order valence-corrected chi connectivity index (χ2v) is 8.67. The Morgan fingerprint density at radius 3 is 2.70 bits per heavy atom. The quantitative estimate of drug-likeness (QED) is 0.683. The van der Waals surface area contributed by atoms with E-state index in [4.69, 9.17) is 4.52 Å². The van der Waals surface area contributed by atoms with Crippen molar-refractivity contribution in [1.82, 2.24) is 24.0 Å². The van der Waals surface area contributed by atoms with Gasteiger partial charge in [-0.2, -0.15) is 4.31 Å². The van der Waals surface area contributed by atoms with Gasteiger partial charge in [-0.25, -0.2) is 13.4 Å². The molecule has 0 aliphatic carbocycles. The van der Waals surface area contributed by atoms with Gasteiger partial charge < -0.3 is 9.09 Å². The highest BCUT2D eigenvalue weighted by molar-refractivity contribution is 7.89. The van der Waals surface area contributed by atoms with Crippen LogP contribution in [0.15, 0.2) is 40.1 Å². The normalized spacial score (nSPS) is 18.3. The Kier molecular flexibility index (Phi) is 4.35. The number of hydrogen-bond acceptors (Lipinski definition) is 6. The van der Waals surface area contributed by atoms with E-state index in [-0.39, 0.29) is 10.9 Å². The molecule has 9 heteroatoms. The molecule has 27 heavy (non-hydrogen) atoms. The van der Waals surface area contributed by atoms with Gasteiger partial charge in [-0.1, -0.05) is 5.16 Å². The van der Waals surface area contributed by atoms with E-state index in [9.17, 15) is 8.42 Å². The molecule has 142 valence electrons. The number of aromatic nitrogens is 4. The summed E-state index contributed by atoms with van der Waals surface area (Å²) in [5, 5.41) is 3.79. The third-order valence-corrected chi connectivity index (χ3v) is 7.07. The number of rotatable bonds is 4. The third-order valence-electron chi connectivity index (χ3n) is 4.96. The second-order valence-electron chi connectivity index (χ2n) is 6.79. The fraction of sp³-hybridized carbons (Fsp3) is 0.389. The summed E-state index contributed by atoms with van der Waals surface area (Å²) in [6.07, 6.45) is 6.02. The summed E-state index contributed by atoms with van der Waals surface area (Å²) in [5.41, 5.74) is 2.30.